The molecular weight excluding hydrogens is 224 g/mol. The highest BCUT2D eigenvalue weighted by atomic mass is 28.4. The molecule has 0 aliphatic heterocycles. The molecule has 0 aliphatic rings. The Kier molecular flexibility index (Phi) is 8.40. The maximum absolute atomic E-state index is 6.12. The van der Waals surface area contributed by atoms with Gasteiger partial charge in [-0.05, 0) is 50.2 Å². The zero-order valence-corrected chi connectivity index (χ0v) is 14.2. The van der Waals surface area contributed by atoms with Crippen molar-refractivity contribution >= 4 is 8.32 Å². The van der Waals surface area contributed by atoms with Crippen molar-refractivity contribution < 1.29 is 4.43 Å². The summed E-state index contributed by atoms with van der Waals surface area (Å²) in [6.45, 7) is 17.2. The summed E-state index contributed by atoms with van der Waals surface area (Å²) < 4.78 is 6.12. The van der Waals surface area contributed by atoms with Crippen LogP contribution in [0.2, 0.25) is 19.6 Å². The minimum Gasteiger partial charge on any atom is -0.417 e. The maximum atomic E-state index is 6.12. The highest BCUT2D eigenvalue weighted by molar-refractivity contribution is 6.69. The van der Waals surface area contributed by atoms with Crippen LogP contribution in [0.1, 0.15) is 53.4 Å². The summed E-state index contributed by atoms with van der Waals surface area (Å²) in [5, 5.41) is 0. The second-order valence-corrected chi connectivity index (χ2v) is 11.3. The average Bonchev–Trinajstić information content (AvgIpc) is 2.24. The monoisotopic (exact) mass is 258 g/mol. The van der Waals surface area contributed by atoms with Gasteiger partial charge in [-0.25, -0.2) is 0 Å². The van der Waals surface area contributed by atoms with E-state index in [2.05, 4.69) is 47.3 Å². The van der Waals surface area contributed by atoms with Crippen molar-refractivity contribution in [3.8, 4) is 0 Å². The second kappa shape index (κ2) is 8.31. The molecule has 0 N–H and O–H groups in total. The molecule has 0 aliphatic carbocycles. The van der Waals surface area contributed by atoms with E-state index in [0.717, 1.165) is 24.4 Å². The van der Waals surface area contributed by atoms with Gasteiger partial charge < -0.3 is 4.43 Å². The highest BCUT2D eigenvalue weighted by Gasteiger charge is 2.20. The van der Waals surface area contributed by atoms with Crippen molar-refractivity contribution in [2.45, 2.75) is 73.0 Å². The molecule has 2 heteroatoms. The molecular formula is C15H34OSi. The van der Waals surface area contributed by atoms with E-state index in [9.17, 15) is 0 Å². The molecule has 0 saturated heterocycles. The van der Waals surface area contributed by atoms with Gasteiger partial charge in [0.25, 0.3) is 0 Å². The van der Waals surface area contributed by atoms with Crippen molar-refractivity contribution in [2.75, 3.05) is 6.61 Å². The Labute approximate surface area is 110 Å². The van der Waals surface area contributed by atoms with Gasteiger partial charge in [-0.3, -0.25) is 0 Å². The molecule has 0 saturated carbocycles. The van der Waals surface area contributed by atoms with Crippen LogP contribution in [0.4, 0.5) is 0 Å². The summed E-state index contributed by atoms with van der Waals surface area (Å²) in [5.74, 6) is 2.45. The standard InChI is InChI=1S/C15H34OSi/c1-8-13(3)10-15(11-14(4)9-2)12-16-17(5,6)7/h13-15H,8-12H2,1-7H3. The van der Waals surface area contributed by atoms with E-state index in [1.807, 2.05) is 0 Å². The fourth-order valence-corrected chi connectivity index (χ4v) is 2.81. The molecule has 0 bridgehead atoms. The number of hydrogen-bond acceptors (Lipinski definition) is 1. The summed E-state index contributed by atoms with van der Waals surface area (Å²) in [4.78, 5) is 0. The molecule has 0 fully saturated rings. The Hall–Kier alpha value is 0.177. The fraction of sp³-hybridized carbons (Fsp3) is 1.00. The van der Waals surface area contributed by atoms with E-state index in [0.29, 0.717) is 0 Å². The normalized spacial score (nSPS) is 17.8. The lowest BCUT2D eigenvalue weighted by atomic mass is 9.87. The summed E-state index contributed by atoms with van der Waals surface area (Å²) >= 11 is 0. The molecule has 0 amide bonds. The topological polar surface area (TPSA) is 9.23 Å². The Morgan fingerprint density at radius 3 is 1.59 bits per heavy atom. The SMILES string of the molecule is CCC(C)CC(CO[Si](C)(C)C)CC(C)CC. The van der Waals surface area contributed by atoms with E-state index in [1.54, 1.807) is 0 Å². The smallest absolute Gasteiger partial charge is 0.183 e. The zero-order valence-electron chi connectivity index (χ0n) is 13.2. The Morgan fingerprint density at radius 1 is 0.882 bits per heavy atom. The van der Waals surface area contributed by atoms with Gasteiger partial charge in [-0.1, -0.05) is 40.5 Å². The lowest BCUT2D eigenvalue weighted by Crippen LogP contribution is -2.29. The van der Waals surface area contributed by atoms with Crippen LogP contribution < -0.4 is 0 Å². The number of rotatable bonds is 9. The summed E-state index contributed by atoms with van der Waals surface area (Å²) in [7, 11) is -1.34. The lowest BCUT2D eigenvalue weighted by molar-refractivity contribution is 0.190. The van der Waals surface area contributed by atoms with Crippen molar-refractivity contribution in [1.82, 2.24) is 0 Å². The third-order valence-electron chi connectivity index (χ3n) is 3.62. The first kappa shape index (κ1) is 17.2. The summed E-state index contributed by atoms with van der Waals surface area (Å²) in [5.41, 5.74) is 0. The maximum Gasteiger partial charge on any atom is 0.183 e. The Morgan fingerprint density at radius 2 is 1.29 bits per heavy atom. The molecule has 2 atom stereocenters. The van der Waals surface area contributed by atoms with Gasteiger partial charge in [-0.15, -0.1) is 0 Å². The lowest BCUT2D eigenvalue weighted by Gasteiger charge is -2.27. The fourth-order valence-electron chi connectivity index (χ4n) is 2.07. The van der Waals surface area contributed by atoms with Crippen molar-refractivity contribution in [2.24, 2.45) is 17.8 Å². The first-order chi connectivity index (χ1) is 7.78. The largest absolute Gasteiger partial charge is 0.417 e. The third-order valence-corrected chi connectivity index (χ3v) is 4.65. The molecule has 0 heterocycles. The van der Waals surface area contributed by atoms with Crippen LogP contribution in [0.15, 0.2) is 0 Å². The Balaban J connectivity index is 4.19. The quantitative estimate of drug-likeness (QED) is 0.508. The van der Waals surface area contributed by atoms with Crippen LogP contribution in [0, 0.1) is 17.8 Å². The van der Waals surface area contributed by atoms with Crippen LogP contribution in [-0.4, -0.2) is 14.9 Å². The molecule has 2 unspecified atom stereocenters. The molecule has 0 radical (unpaired) electrons. The highest BCUT2D eigenvalue weighted by Crippen LogP contribution is 2.24. The van der Waals surface area contributed by atoms with Crippen molar-refractivity contribution in [1.29, 1.82) is 0 Å². The van der Waals surface area contributed by atoms with Gasteiger partial charge in [0.05, 0.1) is 0 Å². The van der Waals surface area contributed by atoms with E-state index >= 15 is 0 Å². The molecule has 1 nitrogen and oxygen atoms in total. The van der Waals surface area contributed by atoms with E-state index < -0.39 is 8.32 Å². The van der Waals surface area contributed by atoms with Gasteiger partial charge in [0, 0.05) is 6.61 Å². The predicted octanol–water partition coefficient (Wildman–Crippen LogP) is 5.33. The molecule has 0 aromatic heterocycles. The molecule has 104 valence electrons. The molecule has 0 aromatic carbocycles. The van der Waals surface area contributed by atoms with E-state index in [1.165, 1.54) is 25.7 Å². The van der Waals surface area contributed by atoms with Crippen molar-refractivity contribution in [3.05, 3.63) is 0 Å². The summed E-state index contributed by atoms with van der Waals surface area (Å²) in [6, 6.07) is 0. The molecule has 0 spiro atoms. The van der Waals surface area contributed by atoms with Crippen molar-refractivity contribution in [3.63, 3.8) is 0 Å². The van der Waals surface area contributed by atoms with E-state index in [4.69, 9.17) is 4.43 Å². The van der Waals surface area contributed by atoms with Crippen LogP contribution >= 0.6 is 0 Å². The first-order valence-electron chi connectivity index (χ1n) is 7.42. The number of hydrogen-bond donors (Lipinski definition) is 0. The van der Waals surface area contributed by atoms with Crippen LogP contribution in [0.5, 0.6) is 0 Å². The van der Waals surface area contributed by atoms with Gasteiger partial charge >= 0.3 is 0 Å². The van der Waals surface area contributed by atoms with Crippen LogP contribution in [0.3, 0.4) is 0 Å². The first-order valence-corrected chi connectivity index (χ1v) is 10.8. The average molecular weight is 259 g/mol. The molecule has 0 rings (SSSR count). The van der Waals surface area contributed by atoms with E-state index in [-0.39, 0.29) is 0 Å². The van der Waals surface area contributed by atoms with Crippen LogP contribution in [-0.2, 0) is 4.43 Å². The third kappa shape index (κ3) is 9.84. The molecule has 17 heavy (non-hydrogen) atoms. The van der Waals surface area contributed by atoms with Crippen LogP contribution in [0.25, 0.3) is 0 Å². The Bertz CT molecular complexity index is 174. The molecule has 0 aromatic rings. The summed E-state index contributed by atoms with van der Waals surface area (Å²) in [6.07, 6.45) is 5.27. The van der Waals surface area contributed by atoms with Gasteiger partial charge in [0.2, 0.25) is 0 Å². The minimum absolute atomic E-state index is 0.770. The predicted molar refractivity (Wildman–Crippen MR) is 80.9 cm³/mol. The van der Waals surface area contributed by atoms with Gasteiger partial charge in [0.15, 0.2) is 8.32 Å². The van der Waals surface area contributed by atoms with Gasteiger partial charge in [0.1, 0.15) is 0 Å². The minimum atomic E-state index is -1.34. The zero-order chi connectivity index (χ0) is 13.5. The second-order valence-electron chi connectivity index (χ2n) is 6.79. The van der Waals surface area contributed by atoms with Gasteiger partial charge in [-0.2, -0.15) is 0 Å².